The zero-order chi connectivity index (χ0) is 9.10. The molecule has 0 bridgehead atoms. The van der Waals surface area contributed by atoms with Crippen molar-refractivity contribution in [3.8, 4) is 0 Å². The molecule has 2 rings (SSSR count). The largest absolute Gasteiger partial charge is 0.381 e. The summed E-state index contributed by atoms with van der Waals surface area (Å²) in [6, 6.07) is 0. The maximum atomic E-state index is 5.31. The minimum absolute atomic E-state index is 0.516. The first-order valence-electron chi connectivity index (χ1n) is 4.41. The van der Waals surface area contributed by atoms with Crippen molar-refractivity contribution in [2.75, 3.05) is 20.3 Å². The second kappa shape index (κ2) is 4.17. The molecule has 13 heavy (non-hydrogen) atoms. The fourth-order valence-electron chi connectivity index (χ4n) is 1.47. The lowest BCUT2D eigenvalue weighted by Gasteiger charge is -2.01. The van der Waals surface area contributed by atoms with Gasteiger partial charge in [0, 0.05) is 25.0 Å². The molecule has 1 aromatic heterocycles. The Kier molecular flexibility index (Phi) is 2.93. The van der Waals surface area contributed by atoms with Crippen molar-refractivity contribution in [2.24, 2.45) is 0 Å². The number of methoxy groups -OCH3 is 1. The SMILES string of the molecule is COCc1nc(C2CCOC2)cs1. The highest BCUT2D eigenvalue weighted by Crippen LogP contribution is 2.26. The molecule has 2 heterocycles. The first-order chi connectivity index (χ1) is 6.40. The molecular formula is C9H13NO2S. The van der Waals surface area contributed by atoms with Gasteiger partial charge in [-0.3, -0.25) is 0 Å². The van der Waals surface area contributed by atoms with Gasteiger partial charge < -0.3 is 9.47 Å². The van der Waals surface area contributed by atoms with E-state index < -0.39 is 0 Å². The maximum absolute atomic E-state index is 5.31. The van der Waals surface area contributed by atoms with E-state index in [1.165, 1.54) is 5.69 Å². The van der Waals surface area contributed by atoms with Crippen molar-refractivity contribution in [2.45, 2.75) is 18.9 Å². The Hall–Kier alpha value is -0.450. The summed E-state index contributed by atoms with van der Waals surface area (Å²) < 4.78 is 10.3. The van der Waals surface area contributed by atoms with Crippen LogP contribution in [0.15, 0.2) is 5.38 Å². The lowest BCUT2D eigenvalue weighted by Crippen LogP contribution is -1.98. The number of hydrogen-bond donors (Lipinski definition) is 0. The molecule has 1 fully saturated rings. The molecule has 0 N–H and O–H groups in total. The number of rotatable bonds is 3. The minimum Gasteiger partial charge on any atom is -0.381 e. The van der Waals surface area contributed by atoms with E-state index in [2.05, 4.69) is 10.4 Å². The van der Waals surface area contributed by atoms with Crippen LogP contribution in [0.1, 0.15) is 23.0 Å². The highest BCUT2D eigenvalue weighted by atomic mass is 32.1. The maximum Gasteiger partial charge on any atom is 0.119 e. The van der Waals surface area contributed by atoms with Crippen molar-refractivity contribution in [3.63, 3.8) is 0 Å². The summed E-state index contributed by atoms with van der Waals surface area (Å²) in [4.78, 5) is 4.50. The van der Waals surface area contributed by atoms with Gasteiger partial charge in [-0.05, 0) is 6.42 Å². The molecule has 0 radical (unpaired) electrons. The Bertz CT molecular complexity index is 268. The predicted molar refractivity (Wildman–Crippen MR) is 51.0 cm³/mol. The molecule has 0 amide bonds. The highest BCUT2D eigenvalue weighted by Gasteiger charge is 2.20. The first kappa shape index (κ1) is 9.12. The van der Waals surface area contributed by atoms with Crippen LogP contribution in [0.3, 0.4) is 0 Å². The van der Waals surface area contributed by atoms with E-state index in [9.17, 15) is 0 Å². The second-order valence-corrected chi connectivity index (χ2v) is 4.10. The Morgan fingerprint density at radius 1 is 1.77 bits per heavy atom. The standard InChI is InChI=1S/C9H13NO2S/c1-11-5-9-10-8(6-13-9)7-2-3-12-4-7/h6-7H,2-5H2,1H3. The Morgan fingerprint density at radius 2 is 2.69 bits per heavy atom. The normalized spacial score (nSPS) is 22.4. The van der Waals surface area contributed by atoms with E-state index in [4.69, 9.17) is 9.47 Å². The summed E-state index contributed by atoms with van der Waals surface area (Å²) >= 11 is 1.67. The molecular weight excluding hydrogens is 186 g/mol. The van der Waals surface area contributed by atoms with E-state index in [-0.39, 0.29) is 0 Å². The van der Waals surface area contributed by atoms with Crippen molar-refractivity contribution in [3.05, 3.63) is 16.1 Å². The highest BCUT2D eigenvalue weighted by molar-refractivity contribution is 7.09. The summed E-state index contributed by atoms with van der Waals surface area (Å²) in [6.45, 7) is 2.33. The fraction of sp³-hybridized carbons (Fsp3) is 0.667. The van der Waals surface area contributed by atoms with Crippen molar-refractivity contribution in [1.29, 1.82) is 0 Å². The van der Waals surface area contributed by atoms with Crippen molar-refractivity contribution < 1.29 is 9.47 Å². The summed E-state index contributed by atoms with van der Waals surface area (Å²) in [6.07, 6.45) is 1.11. The van der Waals surface area contributed by atoms with Gasteiger partial charge in [-0.2, -0.15) is 0 Å². The van der Waals surface area contributed by atoms with E-state index >= 15 is 0 Å². The van der Waals surface area contributed by atoms with Crippen LogP contribution in [0.4, 0.5) is 0 Å². The Balaban J connectivity index is 2.03. The molecule has 1 atom stereocenters. The van der Waals surface area contributed by atoms with Crippen LogP contribution in [-0.2, 0) is 16.1 Å². The molecule has 1 aliphatic heterocycles. The average Bonchev–Trinajstić information content (AvgIpc) is 2.70. The van der Waals surface area contributed by atoms with Crippen LogP contribution in [-0.4, -0.2) is 25.3 Å². The minimum atomic E-state index is 0.516. The lowest BCUT2D eigenvalue weighted by atomic mass is 10.1. The van der Waals surface area contributed by atoms with Gasteiger partial charge in [0.15, 0.2) is 0 Å². The van der Waals surface area contributed by atoms with Crippen LogP contribution >= 0.6 is 11.3 Å². The third-order valence-corrected chi connectivity index (χ3v) is 3.03. The molecule has 0 saturated carbocycles. The van der Waals surface area contributed by atoms with Crippen LogP contribution < -0.4 is 0 Å². The van der Waals surface area contributed by atoms with Crippen molar-refractivity contribution >= 4 is 11.3 Å². The molecule has 1 aromatic rings. The zero-order valence-electron chi connectivity index (χ0n) is 7.66. The zero-order valence-corrected chi connectivity index (χ0v) is 8.47. The van der Waals surface area contributed by atoms with Crippen molar-refractivity contribution in [1.82, 2.24) is 4.98 Å². The van der Waals surface area contributed by atoms with E-state index in [1.54, 1.807) is 18.4 Å². The molecule has 0 spiro atoms. The molecule has 4 heteroatoms. The number of thiazole rings is 1. The van der Waals surface area contributed by atoms with Gasteiger partial charge in [0.05, 0.1) is 18.9 Å². The molecule has 0 aliphatic carbocycles. The average molecular weight is 199 g/mol. The molecule has 0 aromatic carbocycles. The van der Waals surface area contributed by atoms with Gasteiger partial charge >= 0.3 is 0 Å². The molecule has 1 saturated heterocycles. The van der Waals surface area contributed by atoms with Crippen LogP contribution in [0.5, 0.6) is 0 Å². The molecule has 72 valence electrons. The fourth-order valence-corrected chi connectivity index (χ4v) is 2.32. The number of ether oxygens (including phenoxy) is 2. The summed E-state index contributed by atoms with van der Waals surface area (Å²) in [5, 5.41) is 3.18. The number of hydrogen-bond acceptors (Lipinski definition) is 4. The van der Waals surface area contributed by atoms with Gasteiger partial charge in [-0.1, -0.05) is 0 Å². The van der Waals surface area contributed by atoms with E-state index in [1.807, 2.05) is 0 Å². The number of aromatic nitrogens is 1. The Labute approximate surface area is 81.7 Å². The van der Waals surface area contributed by atoms with Gasteiger partial charge in [0.2, 0.25) is 0 Å². The topological polar surface area (TPSA) is 31.4 Å². The van der Waals surface area contributed by atoms with Crippen LogP contribution in [0.2, 0.25) is 0 Å². The molecule has 1 unspecified atom stereocenters. The van der Waals surface area contributed by atoms with Gasteiger partial charge in [-0.15, -0.1) is 11.3 Å². The van der Waals surface area contributed by atoms with Gasteiger partial charge in [0.25, 0.3) is 0 Å². The lowest BCUT2D eigenvalue weighted by molar-refractivity contribution is 0.184. The summed E-state index contributed by atoms with van der Waals surface area (Å²) in [5.41, 5.74) is 1.18. The van der Waals surface area contributed by atoms with Gasteiger partial charge in [-0.25, -0.2) is 4.98 Å². The third kappa shape index (κ3) is 2.07. The number of nitrogens with zero attached hydrogens (tertiary/aromatic N) is 1. The quantitative estimate of drug-likeness (QED) is 0.743. The third-order valence-electron chi connectivity index (χ3n) is 2.19. The predicted octanol–water partition coefficient (Wildman–Crippen LogP) is 1.79. The van der Waals surface area contributed by atoms with Gasteiger partial charge in [0.1, 0.15) is 5.01 Å². The first-order valence-corrected chi connectivity index (χ1v) is 5.29. The smallest absolute Gasteiger partial charge is 0.119 e. The van der Waals surface area contributed by atoms with E-state index in [0.717, 1.165) is 24.6 Å². The monoisotopic (exact) mass is 199 g/mol. The molecule has 3 nitrogen and oxygen atoms in total. The van der Waals surface area contributed by atoms with E-state index in [0.29, 0.717) is 12.5 Å². The molecule has 1 aliphatic rings. The summed E-state index contributed by atoms with van der Waals surface area (Å²) in [5.74, 6) is 0.516. The second-order valence-electron chi connectivity index (χ2n) is 3.16. The summed E-state index contributed by atoms with van der Waals surface area (Å²) in [7, 11) is 1.69. The van der Waals surface area contributed by atoms with Crippen LogP contribution in [0, 0.1) is 0 Å². The van der Waals surface area contributed by atoms with Crippen LogP contribution in [0.25, 0.3) is 0 Å². The Morgan fingerprint density at radius 3 is 3.38 bits per heavy atom.